The van der Waals surface area contributed by atoms with E-state index in [-0.39, 0.29) is 18.6 Å². The fourth-order valence-corrected chi connectivity index (χ4v) is 3.83. The van der Waals surface area contributed by atoms with Crippen LogP contribution in [0.5, 0.6) is 0 Å². The molecule has 0 bridgehead atoms. The zero-order valence-corrected chi connectivity index (χ0v) is 17.1. The number of nitrogens with one attached hydrogen (secondary N) is 1. The van der Waals surface area contributed by atoms with Crippen molar-refractivity contribution in [2.45, 2.75) is 44.9 Å². The van der Waals surface area contributed by atoms with Crippen molar-refractivity contribution in [2.24, 2.45) is 0 Å². The first-order chi connectivity index (χ1) is 13.3. The van der Waals surface area contributed by atoms with Crippen molar-refractivity contribution < 1.29 is 19.1 Å². The smallest absolute Gasteiger partial charge is 0.410 e. The van der Waals surface area contributed by atoms with E-state index in [2.05, 4.69) is 10.3 Å². The summed E-state index contributed by atoms with van der Waals surface area (Å²) in [5.74, 6) is -0.100. The van der Waals surface area contributed by atoms with Crippen LogP contribution in [0.1, 0.15) is 37.3 Å². The molecule has 28 heavy (non-hydrogen) atoms. The second kappa shape index (κ2) is 8.60. The van der Waals surface area contributed by atoms with Crippen molar-refractivity contribution >= 4 is 23.5 Å². The summed E-state index contributed by atoms with van der Waals surface area (Å²) in [7, 11) is 0. The molecular weight excluding hydrogens is 378 g/mol. The van der Waals surface area contributed by atoms with E-state index in [1.165, 1.54) is 11.3 Å². The van der Waals surface area contributed by atoms with E-state index in [1.54, 1.807) is 11.1 Å². The van der Waals surface area contributed by atoms with Gasteiger partial charge in [-0.1, -0.05) is 30.3 Å². The van der Waals surface area contributed by atoms with Gasteiger partial charge in [0, 0.05) is 24.7 Å². The molecule has 3 rings (SSSR count). The predicted molar refractivity (Wildman–Crippen MR) is 106 cm³/mol. The number of amides is 2. The summed E-state index contributed by atoms with van der Waals surface area (Å²) in [6.45, 7) is 6.42. The monoisotopic (exact) mass is 403 g/mol. The molecule has 0 spiro atoms. The maximum Gasteiger partial charge on any atom is 0.410 e. The molecule has 0 aliphatic carbocycles. The molecule has 2 aromatic rings. The molecule has 2 heterocycles. The summed E-state index contributed by atoms with van der Waals surface area (Å²) in [6.07, 6.45) is 0.818. The fraction of sp³-hybridized carbons (Fsp3) is 0.450. The summed E-state index contributed by atoms with van der Waals surface area (Å²) < 4.78 is 10.8. The van der Waals surface area contributed by atoms with E-state index >= 15 is 0 Å². The van der Waals surface area contributed by atoms with Crippen LogP contribution >= 0.6 is 11.3 Å². The number of ether oxygens (including phenoxy) is 2. The minimum Gasteiger partial charge on any atom is -0.445 e. The standard InChI is InChI=1S/C20H25N3O4S/c1-20(2,3)27-18(24)22-16-12-23(11-15(16)17-21-9-10-28-17)19(25)26-13-14-7-5-4-6-8-14/h4-10,15-16H,11-13H2,1-3H3,(H,22,24). The topological polar surface area (TPSA) is 80.8 Å². The van der Waals surface area contributed by atoms with E-state index < -0.39 is 17.8 Å². The van der Waals surface area contributed by atoms with Crippen LogP contribution in [0.15, 0.2) is 41.9 Å². The van der Waals surface area contributed by atoms with Gasteiger partial charge in [-0.3, -0.25) is 0 Å². The number of aromatic nitrogens is 1. The van der Waals surface area contributed by atoms with Gasteiger partial charge in [0.1, 0.15) is 12.2 Å². The number of benzene rings is 1. The molecule has 1 aliphatic heterocycles. The number of hydrogen-bond acceptors (Lipinski definition) is 6. The Balaban J connectivity index is 1.64. The molecule has 1 aromatic carbocycles. The lowest BCUT2D eigenvalue weighted by molar-refractivity contribution is 0.0499. The van der Waals surface area contributed by atoms with Gasteiger partial charge in [0.25, 0.3) is 0 Å². The molecule has 7 nitrogen and oxygen atoms in total. The van der Waals surface area contributed by atoms with Gasteiger partial charge in [0.15, 0.2) is 0 Å². The second-order valence-corrected chi connectivity index (χ2v) is 8.60. The van der Waals surface area contributed by atoms with E-state index in [0.717, 1.165) is 10.6 Å². The molecule has 2 atom stereocenters. The number of nitrogens with zero attached hydrogens (tertiary/aromatic N) is 2. The highest BCUT2D eigenvalue weighted by Crippen LogP contribution is 2.30. The highest BCUT2D eigenvalue weighted by atomic mass is 32.1. The summed E-state index contributed by atoms with van der Waals surface area (Å²) >= 11 is 1.51. The van der Waals surface area contributed by atoms with Crippen molar-refractivity contribution in [3.05, 3.63) is 52.5 Å². The molecule has 0 saturated carbocycles. The molecule has 1 saturated heterocycles. The zero-order chi connectivity index (χ0) is 20.1. The van der Waals surface area contributed by atoms with Crippen molar-refractivity contribution in [1.82, 2.24) is 15.2 Å². The van der Waals surface area contributed by atoms with Crippen molar-refractivity contribution in [2.75, 3.05) is 13.1 Å². The number of alkyl carbamates (subject to hydrolysis) is 1. The Morgan fingerprint density at radius 1 is 1.25 bits per heavy atom. The number of hydrogen-bond donors (Lipinski definition) is 1. The molecule has 1 fully saturated rings. The van der Waals surface area contributed by atoms with Gasteiger partial charge in [-0.05, 0) is 26.3 Å². The molecule has 1 aromatic heterocycles. The van der Waals surface area contributed by atoms with E-state index in [4.69, 9.17) is 9.47 Å². The summed E-state index contributed by atoms with van der Waals surface area (Å²) in [5.41, 5.74) is 0.336. The van der Waals surface area contributed by atoms with Crippen LogP contribution in [-0.4, -0.2) is 46.8 Å². The molecule has 2 amide bonds. The second-order valence-electron chi connectivity index (χ2n) is 7.67. The van der Waals surface area contributed by atoms with Crippen LogP contribution in [0.4, 0.5) is 9.59 Å². The molecule has 1 aliphatic rings. The van der Waals surface area contributed by atoms with Gasteiger partial charge in [-0.15, -0.1) is 11.3 Å². The molecule has 1 N–H and O–H groups in total. The zero-order valence-electron chi connectivity index (χ0n) is 16.3. The highest BCUT2D eigenvalue weighted by molar-refractivity contribution is 7.09. The van der Waals surface area contributed by atoms with E-state index in [9.17, 15) is 9.59 Å². The molecule has 8 heteroatoms. The van der Waals surface area contributed by atoms with Crippen LogP contribution < -0.4 is 5.32 Å². The highest BCUT2D eigenvalue weighted by Gasteiger charge is 2.39. The fourth-order valence-electron chi connectivity index (χ4n) is 3.04. The van der Waals surface area contributed by atoms with Gasteiger partial charge in [0.2, 0.25) is 0 Å². The average molecular weight is 404 g/mol. The first-order valence-corrected chi connectivity index (χ1v) is 10.0. The van der Waals surface area contributed by atoms with Gasteiger partial charge >= 0.3 is 12.2 Å². The number of thiazole rings is 1. The Morgan fingerprint density at radius 2 is 2.00 bits per heavy atom. The van der Waals surface area contributed by atoms with Crippen molar-refractivity contribution in [3.8, 4) is 0 Å². The third kappa shape index (κ3) is 5.45. The first kappa shape index (κ1) is 20.1. The Labute approximate surface area is 168 Å². The number of rotatable bonds is 4. The van der Waals surface area contributed by atoms with E-state index in [0.29, 0.717) is 13.1 Å². The minimum absolute atomic E-state index is 0.100. The van der Waals surface area contributed by atoms with Crippen LogP contribution in [0.25, 0.3) is 0 Å². The third-order valence-corrected chi connectivity index (χ3v) is 5.16. The van der Waals surface area contributed by atoms with E-state index in [1.807, 2.05) is 56.5 Å². The van der Waals surface area contributed by atoms with Crippen LogP contribution in [0, 0.1) is 0 Å². The van der Waals surface area contributed by atoms with Gasteiger partial charge in [-0.25, -0.2) is 14.6 Å². The Hall–Kier alpha value is -2.61. The number of carbonyl (C=O) groups is 2. The third-order valence-electron chi connectivity index (χ3n) is 4.25. The quantitative estimate of drug-likeness (QED) is 0.840. The molecular formula is C20H25N3O4S. The van der Waals surface area contributed by atoms with Crippen molar-refractivity contribution in [3.63, 3.8) is 0 Å². The van der Waals surface area contributed by atoms with Gasteiger partial charge < -0.3 is 19.7 Å². The number of likely N-dealkylation sites (tertiary alicyclic amines) is 1. The Morgan fingerprint density at radius 3 is 2.64 bits per heavy atom. The Bertz CT molecular complexity index is 790. The van der Waals surface area contributed by atoms with Crippen molar-refractivity contribution in [1.29, 1.82) is 0 Å². The SMILES string of the molecule is CC(C)(C)OC(=O)NC1CN(C(=O)OCc2ccccc2)CC1c1nccs1. The average Bonchev–Trinajstić information content (AvgIpc) is 3.28. The normalized spacial score (nSPS) is 19.3. The maximum atomic E-state index is 12.5. The van der Waals surface area contributed by atoms with Crippen LogP contribution in [0.3, 0.4) is 0 Å². The molecule has 0 radical (unpaired) electrons. The summed E-state index contributed by atoms with van der Waals surface area (Å²) in [5, 5.41) is 5.65. The minimum atomic E-state index is -0.590. The number of carbonyl (C=O) groups excluding carboxylic acids is 2. The predicted octanol–water partition coefficient (Wildman–Crippen LogP) is 3.77. The summed E-state index contributed by atoms with van der Waals surface area (Å²) in [6, 6.07) is 9.24. The summed E-state index contributed by atoms with van der Waals surface area (Å²) in [4.78, 5) is 30.7. The van der Waals surface area contributed by atoms with Crippen LogP contribution in [0.2, 0.25) is 0 Å². The lowest BCUT2D eigenvalue weighted by Crippen LogP contribution is -2.43. The van der Waals surface area contributed by atoms with Gasteiger partial charge in [-0.2, -0.15) is 0 Å². The maximum absolute atomic E-state index is 12.5. The lowest BCUT2D eigenvalue weighted by atomic mass is 10.1. The largest absolute Gasteiger partial charge is 0.445 e. The Kier molecular flexibility index (Phi) is 6.18. The molecule has 2 unspecified atom stereocenters. The van der Waals surface area contributed by atoms with Crippen LogP contribution in [-0.2, 0) is 16.1 Å². The molecule has 150 valence electrons. The lowest BCUT2D eigenvalue weighted by Gasteiger charge is -2.23. The first-order valence-electron chi connectivity index (χ1n) is 9.16. The van der Waals surface area contributed by atoms with Gasteiger partial charge in [0.05, 0.1) is 17.0 Å².